The molecular weight excluding hydrogens is 196 g/mol. The van der Waals surface area contributed by atoms with Crippen molar-refractivity contribution in [3.05, 3.63) is 0 Å². The van der Waals surface area contributed by atoms with Gasteiger partial charge in [-0.05, 0) is 64.2 Å². The molecule has 0 saturated carbocycles. The molecule has 0 radical (unpaired) electrons. The number of hydrogen-bond acceptors (Lipinski definition) is 2. The molecule has 2 saturated heterocycles. The third-order valence-corrected chi connectivity index (χ3v) is 4.41. The zero-order valence-electron chi connectivity index (χ0n) is 10.9. The third-order valence-electron chi connectivity index (χ3n) is 4.41. The highest BCUT2D eigenvalue weighted by Crippen LogP contribution is 2.25. The van der Waals surface area contributed by atoms with Crippen molar-refractivity contribution in [2.45, 2.75) is 57.9 Å². The van der Waals surface area contributed by atoms with Gasteiger partial charge in [-0.15, -0.1) is 0 Å². The average Bonchev–Trinajstić information content (AvgIpc) is 2.59. The lowest BCUT2D eigenvalue weighted by atomic mass is 9.91. The van der Waals surface area contributed by atoms with E-state index in [1.165, 1.54) is 71.1 Å². The van der Waals surface area contributed by atoms with Crippen molar-refractivity contribution in [2.75, 3.05) is 26.2 Å². The van der Waals surface area contributed by atoms with Crippen molar-refractivity contribution in [3.63, 3.8) is 0 Å². The first-order valence-corrected chi connectivity index (χ1v) is 7.35. The molecule has 94 valence electrons. The van der Waals surface area contributed by atoms with Gasteiger partial charge in [0.1, 0.15) is 0 Å². The molecule has 2 aliphatic rings. The van der Waals surface area contributed by atoms with E-state index in [4.69, 9.17) is 0 Å². The second-order valence-electron chi connectivity index (χ2n) is 5.60. The molecule has 2 aliphatic heterocycles. The third kappa shape index (κ3) is 3.46. The SMILES string of the molecule is CCCC1CCN(C2CCCNCC2)CC1. The van der Waals surface area contributed by atoms with Gasteiger partial charge in [0.15, 0.2) is 0 Å². The first-order chi connectivity index (χ1) is 7.90. The molecule has 0 aromatic heterocycles. The maximum atomic E-state index is 3.52. The Bertz CT molecular complexity index is 177. The fourth-order valence-electron chi connectivity index (χ4n) is 3.38. The molecular formula is C14H28N2. The predicted octanol–water partition coefficient (Wildman–Crippen LogP) is 2.64. The van der Waals surface area contributed by atoms with Crippen molar-refractivity contribution < 1.29 is 0 Å². The number of rotatable bonds is 3. The predicted molar refractivity (Wildman–Crippen MR) is 69.7 cm³/mol. The standard InChI is InChI=1S/C14H28N2/c1-2-4-13-7-11-16(12-8-13)14-5-3-9-15-10-6-14/h13-15H,2-12H2,1H3. The van der Waals surface area contributed by atoms with E-state index in [9.17, 15) is 0 Å². The zero-order chi connectivity index (χ0) is 11.2. The van der Waals surface area contributed by atoms with E-state index in [2.05, 4.69) is 17.1 Å². The Balaban J connectivity index is 1.74. The summed E-state index contributed by atoms with van der Waals surface area (Å²) in [7, 11) is 0. The largest absolute Gasteiger partial charge is 0.317 e. The molecule has 1 atom stereocenters. The van der Waals surface area contributed by atoms with Crippen LogP contribution in [0.15, 0.2) is 0 Å². The summed E-state index contributed by atoms with van der Waals surface area (Å²) in [5.74, 6) is 1.03. The van der Waals surface area contributed by atoms with Crippen LogP contribution in [-0.2, 0) is 0 Å². The first-order valence-electron chi connectivity index (χ1n) is 7.35. The lowest BCUT2D eigenvalue weighted by molar-refractivity contribution is 0.120. The van der Waals surface area contributed by atoms with Crippen molar-refractivity contribution in [1.82, 2.24) is 10.2 Å². The normalized spacial score (nSPS) is 30.2. The summed E-state index contributed by atoms with van der Waals surface area (Å²) in [4.78, 5) is 2.78. The summed E-state index contributed by atoms with van der Waals surface area (Å²) < 4.78 is 0. The molecule has 0 aliphatic carbocycles. The van der Waals surface area contributed by atoms with Crippen LogP contribution in [0.2, 0.25) is 0 Å². The van der Waals surface area contributed by atoms with Crippen LogP contribution in [0, 0.1) is 5.92 Å². The fraction of sp³-hybridized carbons (Fsp3) is 1.00. The van der Waals surface area contributed by atoms with Gasteiger partial charge in [-0.2, -0.15) is 0 Å². The molecule has 2 nitrogen and oxygen atoms in total. The number of piperidine rings is 1. The average molecular weight is 224 g/mol. The van der Waals surface area contributed by atoms with E-state index in [-0.39, 0.29) is 0 Å². The molecule has 2 fully saturated rings. The number of nitrogens with zero attached hydrogens (tertiary/aromatic N) is 1. The minimum Gasteiger partial charge on any atom is -0.317 e. The Morgan fingerprint density at radius 2 is 1.88 bits per heavy atom. The highest BCUT2D eigenvalue weighted by atomic mass is 15.2. The van der Waals surface area contributed by atoms with Crippen LogP contribution in [-0.4, -0.2) is 37.1 Å². The van der Waals surface area contributed by atoms with E-state index in [0.29, 0.717) is 0 Å². The maximum Gasteiger partial charge on any atom is 0.0108 e. The van der Waals surface area contributed by atoms with Gasteiger partial charge in [-0.1, -0.05) is 19.8 Å². The Hall–Kier alpha value is -0.0800. The van der Waals surface area contributed by atoms with Gasteiger partial charge < -0.3 is 10.2 Å². The van der Waals surface area contributed by atoms with Crippen molar-refractivity contribution >= 4 is 0 Å². The lowest BCUT2D eigenvalue weighted by Crippen LogP contribution is -2.41. The van der Waals surface area contributed by atoms with E-state index in [1.807, 2.05) is 0 Å². The summed E-state index contributed by atoms with van der Waals surface area (Å²) in [6.07, 6.45) is 9.91. The molecule has 0 bridgehead atoms. The van der Waals surface area contributed by atoms with Crippen molar-refractivity contribution in [2.24, 2.45) is 5.92 Å². The summed E-state index contributed by atoms with van der Waals surface area (Å²) in [5.41, 5.74) is 0. The number of hydrogen-bond donors (Lipinski definition) is 1. The van der Waals surface area contributed by atoms with Crippen LogP contribution in [0.1, 0.15) is 51.9 Å². The Labute approximate surface area is 101 Å². The summed E-state index contributed by atoms with van der Waals surface area (Å²) >= 11 is 0. The summed E-state index contributed by atoms with van der Waals surface area (Å²) in [6, 6.07) is 0.887. The quantitative estimate of drug-likeness (QED) is 0.793. The Kier molecular flexibility index (Phi) is 5.11. The topological polar surface area (TPSA) is 15.3 Å². The maximum absolute atomic E-state index is 3.52. The van der Waals surface area contributed by atoms with E-state index >= 15 is 0 Å². The minimum atomic E-state index is 0.887. The highest BCUT2D eigenvalue weighted by Gasteiger charge is 2.24. The van der Waals surface area contributed by atoms with Crippen LogP contribution < -0.4 is 5.32 Å². The van der Waals surface area contributed by atoms with Crippen LogP contribution in [0.4, 0.5) is 0 Å². The molecule has 2 heteroatoms. The second-order valence-corrected chi connectivity index (χ2v) is 5.60. The highest BCUT2D eigenvalue weighted by molar-refractivity contribution is 4.80. The van der Waals surface area contributed by atoms with Gasteiger partial charge in [0.2, 0.25) is 0 Å². The first kappa shape index (κ1) is 12.4. The van der Waals surface area contributed by atoms with Gasteiger partial charge in [0.25, 0.3) is 0 Å². The molecule has 2 rings (SSSR count). The molecule has 1 unspecified atom stereocenters. The van der Waals surface area contributed by atoms with Crippen molar-refractivity contribution in [3.8, 4) is 0 Å². The molecule has 1 N–H and O–H groups in total. The summed E-state index contributed by atoms with van der Waals surface area (Å²) in [5, 5.41) is 3.52. The number of likely N-dealkylation sites (tertiary alicyclic amines) is 1. The smallest absolute Gasteiger partial charge is 0.0108 e. The molecule has 2 heterocycles. The van der Waals surface area contributed by atoms with Crippen LogP contribution in [0.25, 0.3) is 0 Å². The number of nitrogens with one attached hydrogen (secondary N) is 1. The van der Waals surface area contributed by atoms with Gasteiger partial charge in [-0.25, -0.2) is 0 Å². The zero-order valence-corrected chi connectivity index (χ0v) is 10.9. The van der Waals surface area contributed by atoms with E-state index < -0.39 is 0 Å². The van der Waals surface area contributed by atoms with E-state index in [1.54, 1.807) is 0 Å². The van der Waals surface area contributed by atoms with E-state index in [0.717, 1.165) is 12.0 Å². The Morgan fingerprint density at radius 1 is 1.06 bits per heavy atom. The second kappa shape index (κ2) is 6.61. The fourth-order valence-corrected chi connectivity index (χ4v) is 3.38. The molecule has 16 heavy (non-hydrogen) atoms. The molecule has 0 spiro atoms. The minimum absolute atomic E-state index is 0.887. The molecule has 0 aromatic carbocycles. The van der Waals surface area contributed by atoms with Gasteiger partial charge in [-0.3, -0.25) is 0 Å². The monoisotopic (exact) mass is 224 g/mol. The van der Waals surface area contributed by atoms with Gasteiger partial charge >= 0.3 is 0 Å². The Morgan fingerprint density at radius 3 is 2.62 bits per heavy atom. The van der Waals surface area contributed by atoms with Crippen LogP contribution in [0.5, 0.6) is 0 Å². The van der Waals surface area contributed by atoms with Crippen LogP contribution in [0.3, 0.4) is 0 Å². The molecule has 0 aromatic rings. The van der Waals surface area contributed by atoms with Crippen LogP contribution >= 0.6 is 0 Å². The van der Waals surface area contributed by atoms with Gasteiger partial charge in [0, 0.05) is 6.04 Å². The molecule has 0 amide bonds. The van der Waals surface area contributed by atoms with Crippen molar-refractivity contribution in [1.29, 1.82) is 0 Å². The van der Waals surface area contributed by atoms with Gasteiger partial charge in [0.05, 0.1) is 0 Å². The summed E-state index contributed by atoms with van der Waals surface area (Å²) in [6.45, 7) is 7.54. The lowest BCUT2D eigenvalue weighted by Gasteiger charge is -2.37.